The molecule has 1 amide bonds. The molecule has 1 fully saturated rings. The van der Waals surface area contributed by atoms with Crippen LogP contribution in [0, 0.1) is 13.8 Å². The fourth-order valence-electron chi connectivity index (χ4n) is 3.29. The first-order valence-electron chi connectivity index (χ1n) is 8.51. The molecule has 7 heteroatoms. The summed E-state index contributed by atoms with van der Waals surface area (Å²) in [6.07, 6.45) is 6.42. The van der Waals surface area contributed by atoms with Crippen molar-refractivity contribution in [3.05, 3.63) is 40.7 Å². The number of nitrogens with one attached hydrogen (secondary N) is 1. The minimum atomic E-state index is -0.149. The number of carbonyl (C=O) groups is 1. The fraction of sp³-hybridized carbons (Fsp3) is 0.389. The van der Waals surface area contributed by atoms with Crippen molar-refractivity contribution in [2.75, 3.05) is 5.32 Å². The van der Waals surface area contributed by atoms with E-state index in [0.29, 0.717) is 22.4 Å². The Kier molecular flexibility index (Phi) is 4.17. The van der Waals surface area contributed by atoms with Gasteiger partial charge in [-0.25, -0.2) is 9.67 Å². The molecule has 0 unspecified atom stereocenters. The molecule has 0 bridgehead atoms. The summed E-state index contributed by atoms with van der Waals surface area (Å²) >= 11 is 1.35. The molecule has 0 spiro atoms. The van der Waals surface area contributed by atoms with Gasteiger partial charge in [-0.05, 0) is 38.8 Å². The number of hydrogen-bond acceptors (Lipinski definition) is 5. The highest BCUT2D eigenvalue weighted by Gasteiger charge is 2.23. The smallest absolute Gasteiger partial charge is 0.268 e. The Morgan fingerprint density at radius 3 is 2.80 bits per heavy atom. The molecule has 1 aliphatic carbocycles. The van der Waals surface area contributed by atoms with Crippen LogP contribution in [0.3, 0.4) is 0 Å². The molecule has 130 valence electrons. The number of furan rings is 1. The summed E-state index contributed by atoms with van der Waals surface area (Å²) in [6, 6.07) is 6.01. The average molecular weight is 356 g/mol. The second-order valence-corrected chi connectivity index (χ2v) is 7.40. The maximum Gasteiger partial charge on any atom is 0.268 e. The maximum atomic E-state index is 12.7. The number of thiazole rings is 1. The van der Waals surface area contributed by atoms with Gasteiger partial charge in [-0.2, -0.15) is 5.10 Å². The van der Waals surface area contributed by atoms with Crippen LogP contribution in [0.1, 0.15) is 52.9 Å². The van der Waals surface area contributed by atoms with Crippen LogP contribution in [0.15, 0.2) is 28.8 Å². The molecular formula is C18H20N4O2S. The Morgan fingerprint density at radius 2 is 2.08 bits per heavy atom. The second-order valence-electron chi connectivity index (χ2n) is 6.40. The van der Waals surface area contributed by atoms with Gasteiger partial charge >= 0.3 is 0 Å². The van der Waals surface area contributed by atoms with E-state index < -0.39 is 0 Å². The first kappa shape index (κ1) is 16.1. The van der Waals surface area contributed by atoms with Gasteiger partial charge < -0.3 is 9.73 Å². The van der Waals surface area contributed by atoms with Crippen molar-refractivity contribution in [2.24, 2.45) is 0 Å². The lowest BCUT2D eigenvalue weighted by atomic mass is 10.2. The van der Waals surface area contributed by atoms with Crippen LogP contribution in [-0.2, 0) is 0 Å². The zero-order chi connectivity index (χ0) is 17.4. The van der Waals surface area contributed by atoms with Crippen molar-refractivity contribution in [1.82, 2.24) is 14.8 Å². The van der Waals surface area contributed by atoms with E-state index in [1.165, 1.54) is 24.2 Å². The normalized spacial score (nSPS) is 15.0. The highest BCUT2D eigenvalue weighted by molar-refractivity contribution is 7.17. The highest BCUT2D eigenvalue weighted by Crippen LogP contribution is 2.32. The van der Waals surface area contributed by atoms with Crippen molar-refractivity contribution in [2.45, 2.75) is 45.6 Å². The largest absolute Gasteiger partial charge is 0.459 e. The van der Waals surface area contributed by atoms with Gasteiger partial charge in [0.15, 0.2) is 10.8 Å². The van der Waals surface area contributed by atoms with Crippen LogP contribution < -0.4 is 5.32 Å². The third-order valence-corrected chi connectivity index (χ3v) is 5.71. The Labute approximate surface area is 149 Å². The van der Waals surface area contributed by atoms with Gasteiger partial charge in [0.05, 0.1) is 17.9 Å². The molecule has 3 aromatic heterocycles. The third kappa shape index (κ3) is 3.11. The number of aryl methyl sites for hydroxylation is 2. The van der Waals surface area contributed by atoms with E-state index in [-0.39, 0.29) is 5.91 Å². The van der Waals surface area contributed by atoms with E-state index >= 15 is 0 Å². The Balaban J connectivity index is 1.56. The molecular weight excluding hydrogens is 336 g/mol. The molecule has 25 heavy (non-hydrogen) atoms. The van der Waals surface area contributed by atoms with Gasteiger partial charge in [-0.3, -0.25) is 4.79 Å². The van der Waals surface area contributed by atoms with Crippen molar-refractivity contribution < 1.29 is 9.21 Å². The van der Waals surface area contributed by atoms with E-state index in [1.54, 1.807) is 6.20 Å². The molecule has 3 heterocycles. The van der Waals surface area contributed by atoms with Crippen molar-refractivity contribution in [3.63, 3.8) is 0 Å². The Bertz CT molecular complexity index is 902. The highest BCUT2D eigenvalue weighted by atomic mass is 32.1. The summed E-state index contributed by atoms with van der Waals surface area (Å²) in [4.78, 5) is 17.8. The maximum absolute atomic E-state index is 12.7. The molecule has 3 aromatic rings. The molecule has 0 atom stereocenters. The lowest BCUT2D eigenvalue weighted by Gasteiger charge is -2.14. The molecule has 0 aliphatic heterocycles. The summed E-state index contributed by atoms with van der Waals surface area (Å²) in [6.45, 7) is 3.74. The van der Waals surface area contributed by atoms with Gasteiger partial charge in [0.2, 0.25) is 0 Å². The van der Waals surface area contributed by atoms with Crippen molar-refractivity contribution in [1.29, 1.82) is 0 Å². The number of amides is 1. The minimum Gasteiger partial charge on any atom is -0.459 e. The van der Waals surface area contributed by atoms with Gasteiger partial charge in [0, 0.05) is 6.07 Å². The summed E-state index contributed by atoms with van der Waals surface area (Å²) in [5.41, 5.74) is 0.707. The predicted octanol–water partition coefficient (Wildman–Crippen LogP) is 4.58. The monoisotopic (exact) mass is 356 g/mol. The van der Waals surface area contributed by atoms with Crippen LogP contribution >= 0.6 is 11.3 Å². The Morgan fingerprint density at radius 1 is 1.28 bits per heavy atom. The molecule has 0 radical (unpaired) electrons. The van der Waals surface area contributed by atoms with Crippen molar-refractivity contribution >= 4 is 23.1 Å². The predicted molar refractivity (Wildman–Crippen MR) is 97.0 cm³/mol. The molecule has 4 rings (SSSR count). The molecule has 1 saturated carbocycles. The molecule has 0 saturated heterocycles. The molecule has 0 aromatic carbocycles. The van der Waals surface area contributed by atoms with E-state index in [1.807, 2.05) is 36.7 Å². The zero-order valence-corrected chi connectivity index (χ0v) is 15.1. The van der Waals surface area contributed by atoms with Gasteiger partial charge in [-0.15, -0.1) is 11.3 Å². The first-order chi connectivity index (χ1) is 12.1. The van der Waals surface area contributed by atoms with Gasteiger partial charge in [0.25, 0.3) is 5.91 Å². The summed E-state index contributed by atoms with van der Waals surface area (Å²) in [5.74, 6) is 2.12. The summed E-state index contributed by atoms with van der Waals surface area (Å²) < 4.78 is 7.55. The Hall–Kier alpha value is -2.41. The first-order valence-corrected chi connectivity index (χ1v) is 9.32. The lowest BCUT2D eigenvalue weighted by Crippen LogP contribution is -2.17. The number of carbonyl (C=O) groups excluding carboxylic acids is 1. The SMILES string of the molecule is Cc1ccc(-c2nc(C)c(C(=O)Nc3ccnn3C3CCCC3)s2)o1. The number of nitrogens with zero attached hydrogens (tertiary/aromatic N) is 3. The standard InChI is InChI=1S/C18H20N4O2S/c1-11-7-8-14(24-11)18-20-12(2)16(25-18)17(23)21-15-9-10-19-22(15)13-5-3-4-6-13/h7-10,13H,3-6H2,1-2H3,(H,21,23). The number of anilines is 1. The van der Waals surface area contributed by atoms with Gasteiger partial charge in [-0.1, -0.05) is 12.8 Å². The zero-order valence-electron chi connectivity index (χ0n) is 14.3. The molecule has 6 nitrogen and oxygen atoms in total. The van der Waals surface area contributed by atoms with Crippen molar-refractivity contribution in [3.8, 4) is 10.8 Å². The van der Waals surface area contributed by atoms with E-state index in [0.717, 1.165) is 29.4 Å². The number of hydrogen-bond donors (Lipinski definition) is 1. The fourth-order valence-corrected chi connectivity index (χ4v) is 4.21. The quantitative estimate of drug-likeness (QED) is 0.742. The topological polar surface area (TPSA) is 73.0 Å². The molecule has 1 aliphatic rings. The van der Waals surface area contributed by atoms with E-state index in [2.05, 4.69) is 15.4 Å². The van der Waals surface area contributed by atoms with E-state index in [9.17, 15) is 4.79 Å². The number of aromatic nitrogens is 3. The summed E-state index contributed by atoms with van der Waals surface area (Å²) in [5, 5.41) is 8.12. The van der Waals surface area contributed by atoms with Crippen LogP contribution in [0.5, 0.6) is 0 Å². The van der Waals surface area contributed by atoms with Gasteiger partial charge in [0.1, 0.15) is 16.5 Å². The van der Waals surface area contributed by atoms with Crippen LogP contribution in [0.4, 0.5) is 5.82 Å². The summed E-state index contributed by atoms with van der Waals surface area (Å²) in [7, 11) is 0. The van der Waals surface area contributed by atoms with Crippen LogP contribution in [0.25, 0.3) is 10.8 Å². The average Bonchev–Trinajstić information content (AvgIpc) is 3.32. The lowest BCUT2D eigenvalue weighted by molar-refractivity contribution is 0.102. The second kappa shape index (κ2) is 6.48. The number of rotatable bonds is 4. The minimum absolute atomic E-state index is 0.149. The van der Waals surface area contributed by atoms with E-state index in [4.69, 9.17) is 4.42 Å². The molecule has 1 N–H and O–H groups in total. The third-order valence-electron chi connectivity index (χ3n) is 4.54. The van der Waals surface area contributed by atoms with Crippen LogP contribution in [-0.4, -0.2) is 20.7 Å². The van der Waals surface area contributed by atoms with Crippen LogP contribution in [0.2, 0.25) is 0 Å².